The van der Waals surface area contributed by atoms with Crippen LogP contribution in [-0.2, 0) is 4.74 Å². The largest absolute Gasteiger partial charge is 0.381 e. The summed E-state index contributed by atoms with van der Waals surface area (Å²) in [5.74, 6) is 1.03. The Labute approximate surface area is 110 Å². The molecule has 0 spiro atoms. The third kappa shape index (κ3) is 4.33. The Morgan fingerprint density at radius 3 is 3.06 bits per heavy atom. The summed E-state index contributed by atoms with van der Waals surface area (Å²) < 4.78 is 5.31. The van der Waals surface area contributed by atoms with Gasteiger partial charge in [0.25, 0.3) is 5.91 Å². The standard InChI is InChI=1S/C12H17NO2S2/c14-12(10-3-7-16-9-10)13-4-8-17-11-1-5-15-6-2-11/h3,7,9,11H,1-2,4-6,8H2,(H,13,14). The van der Waals surface area contributed by atoms with E-state index in [1.807, 2.05) is 28.6 Å². The first-order chi connectivity index (χ1) is 8.36. The number of ether oxygens (including phenoxy) is 1. The number of amides is 1. The van der Waals surface area contributed by atoms with Crippen LogP contribution >= 0.6 is 23.1 Å². The Kier molecular flexibility index (Phi) is 5.35. The second-order valence-electron chi connectivity index (χ2n) is 3.95. The highest BCUT2D eigenvalue weighted by atomic mass is 32.2. The van der Waals surface area contributed by atoms with Gasteiger partial charge < -0.3 is 10.1 Å². The molecular weight excluding hydrogens is 254 g/mol. The maximum absolute atomic E-state index is 11.6. The number of hydrogen-bond donors (Lipinski definition) is 1. The quantitative estimate of drug-likeness (QED) is 0.836. The molecule has 1 amide bonds. The minimum Gasteiger partial charge on any atom is -0.381 e. The number of nitrogens with one attached hydrogen (secondary N) is 1. The van der Waals surface area contributed by atoms with Crippen LogP contribution in [0.5, 0.6) is 0 Å². The monoisotopic (exact) mass is 271 g/mol. The maximum Gasteiger partial charge on any atom is 0.252 e. The van der Waals surface area contributed by atoms with Crippen LogP contribution in [-0.4, -0.2) is 36.7 Å². The first-order valence-corrected chi connectivity index (χ1v) is 7.85. The highest BCUT2D eigenvalue weighted by Gasteiger charge is 2.13. The molecule has 0 unspecified atom stereocenters. The zero-order valence-electron chi connectivity index (χ0n) is 9.69. The summed E-state index contributed by atoms with van der Waals surface area (Å²) >= 11 is 3.49. The number of hydrogen-bond acceptors (Lipinski definition) is 4. The van der Waals surface area contributed by atoms with Crippen LogP contribution in [0.1, 0.15) is 23.2 Å². The molecule has 17 heavy (non-hydrogen) atoms. The normalized spacial score (nSPS) is 16.9. The minimum atomic E-state index is 0.0406. The summed E-state index contributed by atoms with van der Waals surface area (Å²) in [6, 6.07) is 1.85. The predicted molar refractivity (Wildman–Crippen MR) is 73.0 cm³/mol. The first-order valence-electron chi connectivity index (χ1n) is 5.86. The van der Waals surface area contributed by atoms with Crippen molar-refractivity contribution in [3.8, 4) is 0 Å². The van der Waals surface area contributed by atoms with E-state index >= 15 is 0 Å². The molecule has 0 aliphatic carbocycles. The van der Waals surface area contributed by atoms with Gasteiger partial charge in [-0.15, -0.1) is 0 Å². The average Bonchev–Trinajstić information content (AvgIpc) is 2.89. The molecule has 0 saturated carbocycles. The third-order valence-electron chi connectivity index (χ3n) is 2.69. The fourth-order valence-electron chi connectivity index (χ4n) is 1.73. The summed E-state index contributed by atoms with van der Waals surface area (Å²) in [4.78, 5) is 11.6. The van der Waals surface area contributed by atoms with Gasteiger partial charge in [-0.25, -0.2) is 0 Å². The lowest BCUT2D eigenvalue weighted by molar-refractivity contribution is 0.0955. The summed E-state index contributed by atoms with van der Waals surface area (Å²) in [5.41, 5.74) is 0.770. The van der Waals surface area contributed by atoms with E-state index < -0.39 is 0 Å². The van der Waals surface area contributed by atoms with E-state index in [0.717, 1.165) is 43.9 Å². The molecule has 0 atom stereocenters. The van der Waals surface area contributed by atoms with Gasteiger partial charge in [0.05, 0.1) is 0 Å². The van der Waals surface area contributed by atoms with Gasteiger partial charge in [0.1, 0.15) is 0 Å². The first kappa shape index (κ1) is 12.9. The van der Waals surface area contributed by atoms with Crippen molar-refractivity contribution in [3.05, 3.63) is 22.4 Å². The van der Waals surface area contributed by atoms with Gasteiger partial charge in [-0.3, -0.25) is 4.79 Å². The highest BCUT2D eigenvalue weighted by molar-refractivity contribution is 7.99. The zero-order chi connectivity index (χ0) is 11.9. The number of thiophene rings is 1. The summed E-state index contributed by atoms with van der Waals surface area (Å²) in [7, 11) is 0. The molecule has 5 heteroatoms. The Balaban J connectivity index is 1.58. The Bertz CT molecular complexity index is 334. The van der Waals surface area contributed by atoms with Crippen LogP contribution in [0.3, 0.4) is 0 Å². The molecule has 0 bridgehead atoms. The smallest absolute Gasteiger partial charge is 0.252 e. The molecule has 2 heterocycles. The van der Waals surface area contributed by atoms with Gasteiger partial charge >= 0.3 is 0 Å². The van der Waals surface area contributed by atoms with Gasteiger partial charge in [-0.1, -0.05) is 0 Å². The number of carbonyl (C=O) groups excluding carboxylic acids is 1. The molecule has 94 valence electrons. The predicted octanol–water partition coefficient (Wildman–Crippen LogP) is 2.39. The lowest BCUT2D eigenvalue weighted by Crippen LogP contribution is -2.26. The molecule has 0 radical (unpaired) electrons. The van der Waals surface area contributed by atoms with Crippen LogP contribution < -0.4 is 5.32 Å². The minimum absolute atomic E-state index is 0.0406. The van der Waals surface area contributed by atoms with Crippen molar-refractivity contribution in [3.63, 3.8) is 0 Å². The molecule has 1 aliphatic heterocycles. The summed E-state index contributed by atoms with van der Waals surface area (Å²) in [6.07, 6.45) is 2.28. The van der Waals surface area contributed by atoms with Crippen LogP contribution in [0.25, 0.3) is 0 Å². The molecule has 1 N–H and O–H groups in total. The van der Waals surface area contributed by atoms with Crippen LogP contribution in [0.4, 0.5) is 0 Å². The van der Waals surface area contributed by atoms with Gasteiger partial charge in [-0.05, 0) is 24.3 Å². The maximum atomic E-state index is 11.6. The van der Waals surface area contributed by atoms with Crippen LogP contribution in [0, 0.1) is 0 Å². The summed E-state index contributed by atoms with van der Waals surface area (Å²) in [5, 5.41) is 7.45. The van der Waals surface area contributed by atoms with Crippen LogP contribution in [0.15, 0.2) is 16.8 Å². The zero-order valence-corrected chi connectivity index (χ0v) is 11.3. The van der Waals surface area contributed by atoms with E-state index in [2.05, 4.69) is 5.32 Å². The van der Waals surface area contributed by atoms with Crippen molar-refractivity contribution in [2.75, 3.05) is 25.5 Å². The summed E-state index contributed by atoms with van der Waals surface area (Å²) in [6.45, 7) is 2.52. The van der Waals surface area contributed by atoms with E-state index in [1.165, 1.54) is 0 Å². The second-order valence-corrected chi connectivity index (χ2v) is 6.14. The van der Waals surface area contributed by atoms with Crippen molar-refractivity contribution in [1.29, 1.82) is 0 Å². The molecule has 0 aromatic carbocycles. The lowest BCUT2D eigenvalue weighted by atomic mass is 10.2. The van der Waals surface area contributed by atoms with Gasteiger partial charge in [0.15, 0.2) is 0 Å². The van der Waals surface area contributed by atoms with E-state index in [1.54, 1.807) is 11.3 Å². The molecular formula is C12H17NO2S2. The molecule has 3 nitrogen and oxygen atoms in total. The van der Waals surface area contributed by atoms with Gasteiger partial charge in [0, 0.05) is 41.7 Å². The average molecular weight is 271 g/mol. The van der Waals surface area contributed by atoms with Gasteiger partial charge in [0.2, 0.25) is 0 Å². The van der Waals surface area contributed by atoms with E-state index in [-0.39, 0.29) is 5.91 Å². The third-order valence-corrected chi connectivity index (χ3v) is 4.76. The molecule has 1 saturated heterocycles. The van der Waals surface area contributed by atoms with Crippen molar-refractivity contribution < 1.29 is 9.53 Å². The van der Waals surface area contributed by atoms with Crippen molar-refractivity contribution in [1.82, 2.24) is 5.32 Å². The molecule has 1 aromatic rings. The van der Waals surface area contributed by atoms with E-state index in [9.17, 15) is 4.79 Å². The number of rotatable bonds is 5. The highest BCUT2D eigenvalue weighted by Crippen LogP contribution is 2.21. The fraction of sp³-hybridized carbons (Fsp3) is 0.583. The molecule has 1 aliphatic rings. The van der Waals surface area contributed by atoms with E-state index in [0.29, 0.717) is 5.25 Å². The Morgan fingerprint density at radius 1 is 1.53 bits per heavy atom. The van der Waals surface area contributed by atoms with Crippen molar-refractivity contribution in [2.24, 2.45) is 0 Å². The Hall–Kier alpha value is -0.520. The molecule has 2 rings (SSSR count). The SMILES string of the molecule is O=C(NCCSC1CCOCC1)c1ccsc1. The lowest BCUT2D eigenvalue weighted by Gasteiger charge is -2.21. The second kappa shape index (κ2) is 7.03. The molecule has 1 fully saturated rings. The van der Waals surface area contributed by atoms with Gasteiger partial charge in [-0.2, -0.15) is 23.1 Å². The number of carbonyl (C=O) groups is 1. The molecule has 1 aromatic heterocycles. The van der Waals surface area contributed by atoms with Crippen molar-refractivity contribution >= 4 is 29.0 Å². The fourth-order valence-corrected chi connectivity index (χ4v) is 3.44. The van der Waals surface area contributed by atoms with Crippen molar-refractivity contribution in [2.45, 2.75) is 18.1 Å². The van der Waals surface area contributed by atoms with Crippen LogP contribution in [0.2, 0.25) is 0 Å². The Morgan fingerprint density at radius 2 is 2.35 bits per heavy atom. The van der Waals surface area contributed by atoms with E-state index in [4.69, 9.17) is 4.74 Å². The number of thioether (sulfide) groups is 1. The topological polar surface area (TPSA) is 38.3 Å².